The van der Waals surface area contributed by atoms with E-state index >= 15 is 0 Å². The molecule has 2 rings (SSSR count). The van der Waals surface area contributed by atoms with Crippen LogP contribution in [0, 0.1) is 0 Å². The molecule has 0 spiro atoms. The number of hydrogen-bond acceptors (Lipinski definition) is 5. The summed E-state index contributed by atoms with van der Waals surface area (Å²) >= 11 is 5.00. The van der Waals surface area contributed by atoms with Gasteiger partial charge in [-0.2, -0.15) is 4.98 Å². The average Bonchev–Trinajstić information content (AvgIpc) is 2.83. The lowest BCUT2D eigenvalue weighted by atomic mass is 10.3. The van der Waals surface area contributed by atoms with Crippen LogP contribution in [0.4, 0.5) is 0 Å². The van der Waals surface area contributed by atoms with Gasteiger partial charge in [-0.1, -0.05) is 5.16 Å². The molecule has 4 nitrogen and oxygen atoms in total. The molecule has 0 aliphatic carbocycles. The second-order valence-electron chi connectivity index (χ2n) is 3.01. The molecule has 2 heterocycles. The minimum atomic E-state index is 0.573. The normalized spacial score (nSPS) is 10.8. The van der Waals surface area contributed by atoms with Crippen molar-refractivity contribution in [2.75, 3.05) is 6.54 Å². The van der Waals surface area contributed by atoms with Gasteiger partial charge in [0, 0.05) is 10.9 Å². The van der Waals surface area contributed by atoms with Crippen molar-refractivity contribution in [3.63, 3.8) is 0 Å². The maximum atomic E-state index is 5.41. The van der Waals surface area contributed by atoms with Crippen LogP contribution < -0.4 is 5.73 Å². The molecule has 15 heavy (non-hydrogen) atoms. The average molecular weight is 288 g/mol. The van der Waals surface area contributed by atoms with Crippen molar-refractivity contribution in [1.29, 1.82) is 0 Å². The molecular weight excluding hydrogens is 278 g/mol. The Balaban J connectivity index is 2.17. The number of halogens is 1. The standard InChI is InChI=1S/C9H10BrN3OS/c10-6-3-5-15-8(6)9-12-7(13-14-9)2-1-4-11/h3,5H,1-2,4,11H2. The summed E-state index contributed by atoms with van der Waals surface area (Å²) in [5.74, 6) is 1.29. The second kappa shape index (κ2) is 4.87. The Bertz CT molecular complexity index is 440. The van der Waals surface area contributed by atoms with E-state index in [1.165, 1.54) is 0 Å². The highest BCUT2D eigenvalue weighted by Gasteiger charge is 2.12. The van der Waals surface area contributed by atoms with Crippen LogP contribution in [0.25, 0.3) is 10.8 Å². The van der Waals surface area contributed by atoms with E-state index in [1.807, 2.05) is 11.4 Å². The minimum Gasteiger partial charge on any atom is -0.333 e. The maximum absolute atomic E-state index is 5.41. The first-order chi connectivity index (χ1) is 7.31. The van der Waals surface area contributed by atoms with E-state index < -0.39 is 0 Å². The molecule has 0 saturated heterocycles. The quantitative estimate of drug-likeness (QED) is 0.938. The molecule has 0 saturated carbocycles. The van der Waals surface area contributed by atoms with Crippen molar-refractivity contribution < 1.29 is 4.52 Å². The number of aromatic nitrogens is 2. The number of thiophene rings is 1. The van der Waals surface area contributed by atoms with Crippen LogP contribution in [0.3, 0.4) is 0 Å². The van der Waals surface area contributed by atoms with E-state index in [0.29, 0.717) is 12.4 Å². The Hall–Kier alpha value is -0.720. The van der Waals surface area contributed by atoms with E-state index in [4.69, 9.17) is 10.3 Å². The molecule has 80 valence electrons. The Morgan fingerprint density at radius 3 is 3.07 bits per heavy atom. The molecule has 0 unspecified atom stereocenters. The van der Waals surface area contributed by atoms with Crippen LogP contribution in [0.5, 0.6) is 0 Å². The number of aryl methyl sites for hydroxylation is 1. The number of nitrogens with two attached hydrogens (primary N) is 1. The topological polar surface area (TPSA) is 64.9 Å². The van der Waals surface area contributed by atoms with E-state index in [1.54, 1.807) is 11.3 Å². The SMILES string of the molecule is NCCCc1noc(-c2sccc2Br)n1. The van der Waals surface area contributed by atoms with Crippen molar-refractivity contribution in [2.24, 2.45) is 5.73 Å². The van der Waals surface area contributed by atoms with Crippen LogP contribution >= 0.6 is 27.3 Å². The van der Waals surface area contributed by atoms with Crippen LogP contribution in [0.1, 0.15) is 12.2 Å². The molecule has 0 aromatic carbocycles. The van der Waals surface area contributed by atoms with Gasteiger partial charge in [0.15, 0.2) is 5.82 Å². The summed E-state index contributed by atoms with van der Waals surface area (Å²) in [7, 11) is 0. The zero-order chi connectivity index (χ0) is 10.7. The van der Waals surface area contributed by atoms with Crippen LogP contribution in [-0.4, -0.2) is 16.7 Å². The Kier molecular flexibility index (Phi) is 3.50. The van der Waals surface area contributed by atoms with Crippen molar-refractivity contribution in [3.05, 3.63) is 21.7 Å². The van der Waals surface area contributed by atoms with Crippen molar-refractivity contribution in [1.82, 2.24) is 10.1 Å². The van der Waals surface area contributed by atoms with Gasteiger partial charge in [-0.05, 0) is 40.3 Å². The third-order valence-electron chi connectivity index (χ3n) is 1.88. The molecular formula is C9H10BrN3OS. The molecule has 2 N–H and O–H groups in total. The molecule has 0 fully saturated rings. The highest BCUT2D eigenvalue weighted by atomic mass is 79.9. The Morgan fingerprint density at radius 1 is 1.53 bits per heavy atom. The van der Waals surface area contributed by atoms with Crippen molar-refractivity contribution in [2.45, 2.75) is 12.8 Å². The molecule has 0 radical (unpaired) electrons. The number of nitrogens with zero attached hydrogens (tertiary/aromatic N) is 2. The van der Waals surface area contributed by atoms with E-state index in [9.17, 15) is 0 Å². The van der Waals surface area contributed by atoms with Crippen LogP contribution in [-0.2, 0) is 6.42 Å². The number of hydrogen-bond donors (Lipinski definition) is 1. The minimum absolute atomic E-state index is 0.573. The maximum Gasteiger partial charge on any atom is 0.269 e. The molecule has 2 aromatic heterocycles. The van der Waals surface area contributed by atoms with E-state index in [0.717, 1.165) is 28.0 Å². The Labute approximate surface area is 99.6 Å². The summed E-state index contributed by atoms with van der Waals surface area (Å²) in [6.45, 7) is 0.645. The molecule has 2 aromatic rings. The fraction of sp³-hybridized carbons (Fsp3) is 0.333. The molecule has 0 amide bonds. The van der Waals surface area contributed by atoms with Gasteiger partial charge in [-0.3, -0.25) is 0 Å². The lowest BCUT2D eigenvalue weighted by Crippen LogP contribution is -2.01. The summed E-state index contributed by atoms with van der Waals surface area (Å²) in [4.78, 5) is 5.27. The van der Waals surface area contributed by atoms with Crippen LogP contribution in [0.15, 0.2) is 20.4 Å². The third kappa shape index (κ3) is 2.45. The fourth-order valence-corrected chi connectivity index (χ4v) is 2.62. The molecule has 6 heteroatoms. The zero-order valence-corrected chi connectivity index (χ0v) is 10.3. The predicted molar refractivity (Wildman–Crippen MR) is 62.7 cm³/mol. The first-order valence-electron chi connectivity index (χ1n) is 4.57. The molecule has 0 aliphatic rings. The second-order valence-corrected chi connectivity index (χ2v) is 4.78. The summed E-state index contributed by atoms with van der Waals surface area (Å²) in [5, 5.41) is 5.87. The molecule has 0 atom stereocenters. The summed E-state index contributed by atoms with van der Waals surface area (Å²) < 4.78 is 6.15. The number of rotatable bonds is 4. The lowest BCUT2D eigenvalue weighted by Gasteiger charge is -1.89. The van der Waals surface area contributed by atoms with Gasteiger partial charge in [0.25, 0.3) is 5.89 Å². The van der Waals surface area contributed by atoms with Gasteiger partial charge in [0.1, 0.15) is 4.88 Å². The zero-order valence-electron chi connectivity index (χ0n) is 7.94. The highest BCUT2D eigenvalue weighted by Crippen LogP contribution is 2.32. The lowest BCUT2D eigenvalue weighted by molar-refractivity contribution is 0.422. The van der Waals surface area contributed by atoms with Gasteiger partial charge < -0.3 is 10.3 Å². The fourth-order valence-electron chi connectivity index (χ4n) is 1.15. The van der Waals surface area contributed by atoms with Crippen molar-refractivity contribution in [3.8, 4) is 10.8 Å². The van der Waals surface area contributed by atoms with E-state index in [-0.39, 0.29) is 0 Å². The van der Waals surface area contributed by atoms with Gasteiger partial charge in [-0.25, -0.2) is 0 Å². The summed E-state index contributed by atoms with van der Waals surface area (Å²) in [6.07, 6.45) is 1.65. The smallest absolute Gasteiger partial charge is 0.269 e. The highest BCUT2D eigenvalue weighted by molar-refractivity contribution is 9.10. The summed E-state index contributed by atoms with van der Waals surface area (Å²) in [5.41, 5.74) is 5.41. The van der Waals surface area contributed by atoms with Crippen molar-refractivity contribution >= 4 is 27.3 Å². The van der Waals surface area contributed by atoms with Crippen LogP contribution in [0.2, 0.25) is 0 Å². The molecule has 0 bridgehead atoms. The van der Waals surface area contributed by atoms with Gasteiger partial charge in [-0.15, -0.1) is 11.3 Å². The van der Waals surface area contributed by atoms with E-state index in [2.05, 4.69) is 26.1 Å². The summed E-state index contributed by atoms with van der Waals surface area (Å²) in [6, 6.07) is 1.96. The molecule has 0 aliphatic heterocycles. The Morgan fingerprint density at radius 2 is 2.40 bits per heavy atom. The third-order valence-corrected chi connectivity index (χ3v) is 3.71. The first-order valence-corrected chi connectivity index (χ1v) is 6.24. The largest absolute Gasteiger partial charge is 0.333 e. The predicted octanol–water partition coefficient (Wildman–Crippen LogP) is 2.45. The monoisotopic (exact) mass is 287 g/mol. The first kappa shape index (κ1) is 10.8. The van der Waals surface area contributed by atoms with Gasteiger partial charge in [0.05, 0.1) is 0 Å². The van der Waals surface area contributed by atoms with Gasteiger partial charge >= 0.3 is 0 Å². The van der Waals surface area contributed by atoms with Gasteiger partial charge in [0.2, 0.25) is 0 Å².